The Kier molecular flexibility index (Phi) is 5.07. The maximum absolute atomic E-state index is 11.3. The SMILES string of the molecule is Cc1sc(NC[C@@H]2CCCO2)nc1-c1ccc(NS(C)(=O)=O)cc1. The fourth-order valence-corrected chi connectivity index (χ4v) is 4.06. The second-order valence-electron chi connectivity index (χ2n) is 5.89. The van der Waals surface area contributed by atoms with E-state index >= 15 is 0 Å². The van der Waals surface area contributed by atoms with Gasteiger partial charge in [0.25, 0.3) is 0 Å². The lowest BCUT2D eigenvalue weighted by molar-refractivity contribution is 0.120. The number of benzene rings is 1. The van der Waals surface area contributed by atoms with Crippen LogP contribution in [0.25, 0.3) is 11.3 Å². The summed E-state index contributed by atoms with van der Waals surface area (Å²) in [5.41, 5.74) is 2.43. The van der Waals surface area contributed by atoms with Crippen LogP contribution in [0.5, 0.6) is 0 Å². The fraction of sp³-hybridized carbons (Fsp3) is 0.438. The first-order valence-corrected chi connectivity index (χ1v) is 10.5. The molecule has 1 aromatic carbocycles. The van der Waals surface area contributed by atoms with E-state index in [0.29, 0.717) is 5.69 Å². The van der Waals surface area contributed by atoms with E-state index in [1.54, 1.807) is 23.5 Å². The van der Waals surface area contributed by atoms with Gasteiger partial charge in [0, 0.05) is 29.3 Å². The van der Waals surface area contributed by atoms with Crippen LogP contribution in [0.3, 0.4) is 0 Å². The molecule has 1 aliphatic heterocycles. The van der Waals surface area contributed by atoms with Crippen molar-refractivity contribution in [1.29, 1.82) is 0 Å². The zero-order valence-electron chi connectivity index (χ0n) is 13.7. The molecule has 1 fully saturated rings. The molecule has 1 aliphatic rings. The zero-order chi connectivity index (χ0) is 17.2. The van der Waals surface area contributed by atoms with Gasteiger partial charge in [0.05, 0.1) is 18.1 Å². The number of thiazole rings is 1. The van der Waals surface area contributed by atoms with Crippen molar-refractivity contribution in [3.8, 4) is 11.3 Å². The number of ether oxygens (including phenoxy) is 1. The summed E-state index contributed by atoms with van der Waals surface area (Å²) in [6.45, 7) is 3.67. The van der Waals surface area contributed by atoms with E-state index < -0.39 is 10.0 Å². The van der Waals surface area contributed by atoms with Crippen LogP contribution in [0.1, 0.15) is 17.7 Å². The minimum absolute atomic E-state index is 0.277. The minimum Gasteiger partial charge on any atom is -0.376 e. The Hall–Kier alpha value is -1.64. The van der Waals surface area contributed by atoms with Crippen LogP contribution < -0.4 is 10.0 Å². The molecule has 1 aromatic heterocycles. The highest BCUT2D eigenvalue weighted by Crippen LogP contribution is 2.31. The van der Waals surface area contributed by atoms with E-state index in [-0.39, 0.29) is 6.10 Å². The number of aromatic nitrogens is 1. The number of nitrogens with zero attached hydrogens (tertiary/aromatic N) is 1. The molecule has 0 radical (unpaired) electrons. The summed E-state index contributed by atoms with van der Waals surface area (Å²) < 4.78 is 30.6. The van der Waals surface area contributed by atoms with Crippen LogP contribution in [-0.4, -0.2) is 38.9 Å². The summed E-state index contributed by atoms with van der Waals surface area (Å²) in [4.78, 5) is 5.78. The lowest BCUT2D eigenvalue weighted by Gasteiger charge is -2.09. The number of nitrogens with one attached hydrogen (secondary N) is 2. The molecule has 0 amide bonds. The number of anilines is 2. The molecule has 0 unspecified atom stereocenters. The second-order valence-corrected chi connectivity index (χ2v) is 8.84. The lowest BCUT2D eigenvalue weighted by Crippen LogP contribution is -2.18. The highest BCUT2D eigenvalue weighted by molar-refractivity contribution is 7.92. The van der Waals surface area contributed by atoms with Crippen LogP contribution in [0.15, 0.2) is 24.3 Å². The van der Waals surface area contributed by atoms with E-state index in [9.17, 15) is 8.42 Å². The maximum atomic E-state index is 11.3. The number of hydrogen-bond donors (Lipinski definition) is 2. The quantitative estimate of drug-likeness (QED) is 0.820. The summed E-state index contributed by atoms with van der Waals surface area (Å²) in [6.07, 6.45) is 3.64. The van der Waals surface area contributed by atoms with E-state index in [2.05, 4.69) is 15.0 Å². The highest BCUT2D eigenvalue weighted by Gasteiger charge is 2.16. The molecule has 6 nitrogen and oxygen atoms in total. The molecular formula is C16H21N3O3S2. The Balaban J connectivity index is 1.69. The first-order chi connectivity index (χ1) is 11.4. The van der Waals surface area contributed by atoms with Gasteiger partial charge in [-0.25, -0.2) is 13.4 Å². The summed E-state index contributed by atoms with van der Waals surface area (Å²) in [5, 5.41) is 4.24. The summed E-state index contributed by atoms with van der Waals surface area (Å²) in [6, 6.07) is 7.24. The minimum atomic E-state index is -3.26. The van der Waals surface area contributed by atoms with E-state index in [1.807, 2.05) is 19.1 Å². The van der Waals surface area contributed by atoms with Crippen LogP contribution in [0, 0.1) is 6.92 Å². The van der Waals surface area contributed by atoms with E-state index in [1.165, 1.54) is 0 Å². The lowest BCUT2D eigenvalue weighted by atomic mass is 10.1. The van der Waals surface area contributed by atoms with Gasteiger partial charge in [-0.15, -0.1) is 11.3 Å². The Morgan fingerprint density at radius 2 is 2.08 bits per heavy atom. The fourth-order valence-electron chi connectivity index (χ4n) is 2.66. The molecule has 8 heteroatoms. The topological polar surface area (TPSA) is 80.3 Å². The molecule has 1 saturated heterocycles. The Labute approximate surface area is 146 Å². The largest absolute Gasteiger partial charge is 0.376 e. The molecule has 2 heterocycles. The second kappa shape index (κ2) is 7.08. The van der Waals surface area contributed by atoms with Crippen molar-refractivity contribution < 1.29 is 13.2 Å². The average molecular weight is 367 g/mol. The molecule has 2 N–H and O–H groups in total. The van der Waals surface area contributed by atoms with Crippen molar-refractivity contribution in [2.24, 2.45) is 0 Å². The van der Waals surface area contributed by atoms with E-state index in [0.717, 1.165) is 53.5 Å². The van der Waals surface area contributed by atoms with Gasteiger partial charge in [-0.1, -0.05) is 12.1 Å². The Morgan fingerprint density at radius 1 is 1.33 bits per heavy atom. The van der Waals surface area contributed by atoms with Crippen LogP contribution in [0.2, 0.25) is 0 Å². The maximum Gasteiger partial charge on any atom is 0.229 e. The molecule has 0 spiro atoms. The van der Waals surface area contributed by atoms with Crippen LogP contribution >= 0.6 is 11.3 Å². The highest BCUT2D eigenvalue weighted by atomic mass is 32.2. The molecule has 0 aliphatic carbocycles. The van der Waals surface area contributed by atoms with E-state index in [4.69, 9.17) is 4.74 Å². The van der Waals surface area contributed by atoms with Gasteiger partial charge >= 0.3 is 0 Å². The number of sulfonamides is 1. The number of aryl methyl sites for hydroxylation is 1. The molecule has 130 valence electrons. The van der Waals surface area contributed by atoms with Crippen LogP contribution in [0.4, 0.5) is 10.8 Å². The Bertz CT molecular complexity index is 794. The number of hydrogen-bond acceptors (Lipinski definition) is 6. The van der Waals surface area contributed by atoms with Crippen LogP contribution in [-0.2, 0) is 14.8 Å². The van der Waals surface area contributed by atoms with Gasteiger partial charge < -0.3 is 10.1 Å². The number of rotatable bonds is 6. The van der Waals surface area contributed by atoms with Gasteiger partial charge in [-0.2, -0.15) is 0 Å². The van der Waals surface area contributed by atoms with Crippen molar-refractivity contribution in [2.45, 2.75) is 25.9 Å². The molecule has 3 rings (SSSR count). The van der Waals surface area contributed by atoms with Crippen molar-refractivity contribution in [1.82, 2.24) is 4.98 Å². The normalized spacial score (nSPS) is 17.8. The van der Waals surface area contributed by atoms with Gasteiger partial charge in [0.1, 0.15) is 0 Å². The molecular weight excluding hydrogens is 346 g/mol. The first kappa shape index (κ1) is 17.2. The van der Waals surface area contributed by atoms with Crippen molar-refractivity contribution in [2.75, 3.05) is 29.4 Å². The average Bonchev–Trinajstić information content (AvgIpc) is 3.14. The molecule has 1 atom stereocenters. The van der Waals surface area contributed by atoms with Gasteiger partial charge in [-0.3, -0.25) is 4.72 Å². The van der Waals surface area contributed by atoms with Gasteiger partial charge in [-0.05, 0) is 31.9 Å². The monoisotopic (exact) mass is 367 g/mol. The summed E-state index contributed by atoms with van der Waals surface area (Å²) >= 11 is 1.62. The zero-order valence-corrected chi connectivity index (χ0v) is 15.3. The smallest absolute Gasteiger partial charge is 0.229 e. The molecule has 0 saturated carbocycles. The molecule has 0 bridgehead atoms. The first-order valence-electron chi connectivity index (χ1n) is 7.82. The Morgan fingerprint density at radius 3 is 2.71 bits per heavy atom. The third-order valence-electron chi connectivity index (χ3n) is 3.76. The third kappa shape index (κ3) is 4.46. The van der Waals surface area contributed by atoms with Gasteiger partial charge in [0.15, 0.2) is 5.13 Å². The standard InChI is InChI=1S/C16H21N3O3S2/c1-11-15(12-5-7-13(8-6-12)19-24(2,20)21)18-16(23-11)17-10-14-4-3-9-22-14/h5-8,14,19H,3-4,9-10H2,1-2H3,(H,17,18)/t14-/m0/s1. The predicted octanol–water partition coefficient (Wildman–Crippen LogP) is 3.08. The molecule has 2 aromatic rings. The summed E-state index contributed by atoms with van der Waals surface area (Å²) in [7, 11) is -3.26. The molecule has 24 heavy (non-hydrogen) atoms. The van der Waals surface area contributed by atoms with Crippen molar-refractivity contribution in [3.05, 3.63) is 29.1 Å². The predicted molar refractivity (Wildman–Crippen MR) is 98.2 cm³/mol. The van der Waals surface area contributed by atoms with Crippen molar-refractivity contribution in [3.63, 3.8) is 0 Å². The van der Waals surface area contributed by atoms with Crippen molar-refractivity contribution >= 4 is 32.2 Å². The third-order valence-corrected chi connectivity index (χ3v) is 5.30. The van der Waals surface area contributed by atoms with Gasteiger partial charge in [0.2, 0.25) is 10.0 Å². The summed E-state index contributed by atoms with van der Waals surface area (Å²) in [5.74, 6) is 0.